The van der Waals surface area contributed by atoms with Crippen molar-refractivity contribution in [1.29, 1.82) is 0 Å². The standard InChI is InChI=1S/C19H33NS/c1-4-18-10-11-19(21-18)12-16-8-6-5-7-9-17(16)14-20-13-15(2)3/h10-11,15-17,20H,4-9,12-14H2,1-3H3. The Labute approximate surface area is 135 Å². The molecule has 1 heterocycles. The lowest BCUT2D eigenvalue weighted by Gasteiger charge is -2.25. The van der Waals surface area contributed by atoms with E-state index >= 15 is 0 Å². The number of hydrogen-bond donors (Lipinski definition) is 1. The fourth-order valence-corrected chi connectivity index (χ4v) is 4.59. The maximum atomic E-state index is 3.72. The van der Waals surface area contributed by atoms with Crippen LogP contribution in [0.25, 0.3) is 0 Å². The van der Waals surface area contributed by atoms with Gasteiger partial charge in [0.1, 0.15) is 0 Å². The maximum Gasteiger partial charge on any atom is 0.00510 e. The molecule has 1 aromatic rings. The Morgan fingerprint density at radius 3 is 2.48 bits per heavy atom. The first-order valence-electron chi connectivity index (χ1n) is 8.97. The quantitative estimate of drug-likeness (QED) is 0.674. The molecule has 0 radical (unpaired) electrons. The minimum Gasteiger partial charge on any atom is -0.316 e. The fraction of sp³-hybridized carbons (Fsp3) is 0.789. The van der Waals surface area contributed by atoms with Crippen LogP contribution in [0.15, 0.2) is 12.1 Å². The molecule has 2 rings (SSSR count). The van der Waals surface area contributed by atoms with Crippen molar-refractivity contribution in [2.45, 2.75) is 65.7 Å². The molecule has 0 aliphatic heterocycles. The molecule has 0 bridgehead atoms. The predicted octanol–water partition coefficient (Wildman–Crippen LogP) is 5.30. The summed E-state index contributed by atoms with van der Waals surface area (Å²) in [4.78, 5) is 3.17. The van der Waals surface area contributed by atoms with Gasteiger partial charge in [-0.2, -0.15) is 0 Å². The van der Waals surface area contributed by atoms with Gasteiger partial charge < -0.3 is 5.32 Å². The fourth-order valence-electron chi connectivity index (χ4n) is 3.54. The van der Waals surface area contributed by atoms with Crippen molar-refractivity contribution in [2.75, 3.05) is 13.1 Å². The van der Waals surface area contributed by atoms with Crippen molar-refractivity contribution < 1.29 is 0 Å². The largest absolute Gasteiger partial charge is 0.316 e. The zero-order valence-corrected chi connectivity index (χ0v) is 15.0. The van der Waals surface area contributed by atoms with Gasteiger partial charge in [-0.3, -0.25) is 0 Å². The highest BCUT2D eigenvalue weighted by atomic mass is 32.1. The van der Waals surface area contributed by atoms with Crippen molar-refractivity contribution in [3.05, 3.63) is 21.9 Å². The third kappa shape index (κ3) is 5.75. The van der Waals surface area contributed by atoms with E-state index in [1.165, 1.54) is 58.0 Å². The van der Waals surface area contributed by atoms with Crippen LogP contribution in [0.1, 0.15) is 62.6 Å². The van der Waals surface area contributed by atoms with Crippen LogP contribution < -0.4 is 5.32 Å². The van der Waals surface area contributed by atoms with Gasteiger partial charge in [0.25, 0.3) is 0 Å². The van der Waals surface area contributed by atoms with Gasteiger partial charge in [-0.25, -0.2) is 0 Å². The van der Waals surface area contributed by atoms with Crippen LogP contribution in [0.3, 0.4) is 0 Å². The maximum absolute atomic E-state index is 3.72. The highest BCUT2D eigenvalue weighted by Crippen LogP contribution is 2.33. The van der Waals surface area contributed by atoms with E-state index in [0.29, 0.717) is 0 Å². The van der Waals surface area contributed by atoms with Crippen molar-refractivity contribution in [3.8, 4) is 0 Å². The minimum absolute atomic E-state index is 0.763. The molecule has 1 aliphatic carbocycles. The molecular weight excluding hydrogens is 274 g/mol. The van der Waals surface area contributed by atoms with Crippen molar-refractivity contribution in [3.63, 3.8) is 0 Å². The number of nitrogens with one attached hydrogen (secondary N) is 1. The second-order valence-electron chi connectivity index (χ2n) is 7.14. The van der Waals surface area contributed by atoms with Crippen LogP contribution in [0.2, 0.25) is 0 Å². The van der Waals surface area contributed by atoms with Gasteiger partial charge in [0.2, 0.25) is 0 Å². The van der Waals surface area contributed by atoms with E-state index < -0.39 is 0 Å². The van der Waals surface area contributed by atoms with E-state index in [9.17, 15) is 0 Å². The van der Waals surface area contributed by atoms with Crippen molar-refractivity contribution in [1.82, 2.24) is 5.32 Å². The van der Waals surface area contributed by atoms with Crippen LogP contribution in [0.4, 0.5) is 0 Å². The summed E-state index contributed by atoms with van der Waals surface area (Å²) in [6.07, 6.45) is 9.71. The Kier molecular flexibility index (Phi) is 7.25. The van der Waals surface area contributed by atoms with E-state index in [4.69, 9.17) is 0 Å². The molecular formula is C19H33NS. The Bertz CT molecular complexity index is 396. The minimum atomic E-state index is 0.763. The van der Waals surface area contributed by atoms with Crippen LogP contribution in [-0.4, -0.2) is 13.1 Å². The monoisotopic (exact) mass is 307 g/mol. The van der Waals surface area contributed by atoms with Crippen molar-refractivity contribution in [2.24, 2.45) is 17.8 Å². The van der Waals surface area contributed by atoms with E-state index in [-0.39, 0.29) is 0 Å². The first-order valence-corrected chi connectivity index (χ1v) is 9.79. The van der Waals surface area contributed by atoms with Gasteiger partial charge in [-0.05, 0) is 68.7 Å². The molecule has 0 aromatic carbocycles. The van der Waals surface area contributed by atoms with Crippen LogP contribution >= 0.6 is 11.3 Å². The van der Waals surface area contributed by atoms with Gasteiger partial charge >= 0.3 is 0 Å². The second kappa shape index (κ2) is 8.95. The Balaban J connectivity index is 1.91. The molecule has 0 saturated heterocycles. The summed E-state index contributed by atoms with van der Waals surface area (Å²) < 4.78 is 0. The molecule has 2 unspecified atom stereocenters. The highest BCUT2D eigenvalue weighted by molar-refractivity contribution is 7.11. The normalized spacial score (nSPS) is 23.4. The summed E-state index contributed by atoms with van der Waals surface area (Å²) in [6.45, 7) is 9.27. The van der Waals surface area contributed by atoms with Gasteiger partial charge in [-0.1, -0.05) is 40.0 Å². The van der Waals surface area contributed by atoms with E-state index in [0.717, 1.165) is 17.8 Å². The van der Waals surface area contributed by atoms with Crippen LogP contribution in [0, 0.1) is 17.8 Å². The van der Waals surface area contributed by atoms with E-state index in [1.807, 2.05) is 11.3 Å². The zero-order valence-electron chi connectivity index (χ0n) is 14.2. The van der Waals surface area contributed by atoms with Gasteiger partial charge in [0.15, 0.2) is 0 Å². The summed E-state index contributed by atoms with van der Waals surface area (Å²) in [5, 5.41) is 3.72. The van der Waals surface area contributed by atoms with E-state index in [2.05, 4.69) is 38.2 Å². The molecule has 2 atom stereocenters. The third-order valence-electron chi connectivity index (χ3n) is 4.80. The number of thiophene rings is 1. The molecule has 21 heavy (non-hydrogen) atoms. The van der Waals surface area contributed by atoms with Gasteiger partial charge in [0, 0.05) is 9.75 Å². The van der Waals surface area contributed by atoms with Gasteiger partial charge in [0.05, 0.1) is 0 Å². The van der Waals surface area contributed by atoms with Crippen LogP contribution in [-0.2, 0) is 12.8 Å². The Morgan fingerprint density at radius 2 is 1.81 bits per heavy atom. The number of hydrogen-bond acceptors (Lipinski definition) is 2. The zero-order chi connectivity index (χ0) is 15.1. The molecule has 1 N–H and O–H groups in total. The summed E-state index contributed by atoms with van der Waals surface area (Å²) in [7, 11) is 0. The van der Waals surface area contributed by atoms with Crippen LogP contribution in [0.5, 0.6) is 0 Å². The first kappa shape index (κ1) is 17.0. The Hall–Kier alpha value is -0.340. The third-order valence-corrected chi connectivity index (χ3v) is 6.06. The molecule has 2 heteroatoms. The molecule has 1 aromatic heterocycles. The Morgan fingerprint density at radius 1 is 1.10 bits per heavy atom. The molecule has 1 fully saturated rings. The molecule has 0 amide bonds. The molecule has 1 aliphatic rings. The molecule has 0 spiro atoms. The lowest BCUT2D eigenvalue weighted by atomic mass is 9.85. The predicted molar refractivity (Wildman–Crippen MR) is 95.2 cm³/mol. The number of rotatable bonds is 7. The number of aryl methyl sites for hydroxylation is 1. The van der Waals surface area contributed by atoms with Crippen molar-refractivity contribution >= 4 is 11.3 Å². The molecule has 1 saturated carbocycles. The second-order valence-corrected chi connectivity index (χ2v) is 8.39. The highest BCUT2D eigenvalue weighted by Gasteiger charge is 2.24. The summed E-state index contributed by atoms with van der Waals surface area (Å²) in [5.41, 5.74) is 0. The SMILES string of the molecule is CCc1ccc(CC2CCCCCC2CNCC(C)C)s1. The average molecular weight is 308 g/mol. The molecule has 1 nitrogen and oxygen atoms in total. The smallest absolute Gasteiger partial charge is 0.00510 e. The first-order chi connectivity index (χ1) is 10.2. The topological polar surface area (TPSA) is 12.0 Å². The molecule has 120 valence electrons. The summed E-state index contributed by atoms with van der Waals surface area (Å²) in [6, 6.07) is 4.72. The van der Waals surface area contributed by atoms with E-state index in [1.54, 1.807) is 9.75 Å². The lowest BCUT2D eigenvalue weighted by Crippen LogP contribution is -2.31. The summed E-state index contributed by atoms with van der Waals surface area (Å²) >= 11 is 2.04. The summed E-state index contributed by atoms with van der Waals surface area (Å²) in [5.74, 6) is 2.55. The van der Waals surface area contributed by atoms with Gasteiger partial charge in [-0.15, -0.1) is 11.3 Å². The average Bonchev–Trinajstić information content (AvgIpc) is 2.80. The lowest BCUT2D eigenvalue weighted by molar-refractivity contribution is 0.295.